The van der Waals surface area contributed by atoms with Gasteiger partial charge in [-0.2, -0.15) is 0 Å². The van der Waals surface area contributed by atoms with Gasteiger partial charge in [0.15, 0.2) is 6.61 Å². The Labute approximate surface area is 256 Å². The number of hydrogen-bond donors (Lipinski definition) is 3. The molecule has 8 heteroatoms. The number of carbonyl (C=O) groups excluding carboxylic acids is 1. The summed E-state index contributed by atoms with van der Waals surface area (Å²) in [7, 11) is 0. The van der Waals surface area contributed by atoms with Gasteiger partial charge in [0.25, 0.3) is 0 Å². The number of phenols is 3. The van der Waals surface area contributed by atoms with Crippen LogP contribution in [0.5, 0.6) is 23.0 Å². The number of aromatic hydroxyl groups is 3. The largest absolute Gasteiger partial charge is 0.508 e. The van der Waals surface area contributed by atoms with Crippen LogP contribution in [0.25, 0.3) is 0 Å². The molecule has 0 aromatic heterocycles. The zero-order valence-corrected chi connectivity index (χ0v) is 26.7. The average molecular weight is 607 g/mol. The molecule has 4 aromatic carbocycles. The van der Waals surface area contributed by atoms with E-state index in [1.165, 1.54) is 0 Å². The maximum absolute atomic E-state index is 11.7. The van der Waals surface area contributed by atoms with Gasteiger partial charge in [-0.15, -0.1) is 0 Å². The smallest absolute Gasteiger partial charge is 0.344 e. The molecule has 0 saturated heterocycles. The van der Waals surface area contributed by atoms with Crippen molar-refractivity contribution in [3.63, 3.8) is 0 Å². The van der Waals surface area contributed by atoms with Crippen molar-refractivity contribution in [3.05, 3.63) is 95.1 Å². The lowest BCUT2D eigenvalue weighted by atomic mass is 10.2. The lowest BCUT2D eigenvalue weighted by molar-refractivity contribution is -0.157. The van der Waals surface area contributed by atoms with Gasteiger partial charge in [0.05, 0.1) is 0 Å². The van der Waals surface area contributed by atoms with Crippen molar-refractivity contribution < 1.29 is 29.6 Å². The minimum atomic E-state index is -0.516. The van der Waals surface area contributed by atoms with E-state index in [9.17, 15) is 20.1 Å². The number of aryl methyl sites for hydroxylation is 4. The summed E-state index contributed by atoms with van der Waals surface area (Å²) in [5, 5.41) is 28.5. The highest BCUT2D eigenvalue weighted by Gasteiger charge is 2.17. The van der Waals surface area contributed by atoms with Gasteiger partial charge in [-0.3, -0.25) is 0 Å². The number of hydrogen-bond acceptors (Lipinski definition) is 8. The molecule has 0 amide bonds. The molecule has 0 aliphatic carbocycles. The Morgan fingerprint density at radius 2 is 0.976 bits per heavy atom. The number of carbonyl (C=O) groups is 1. The van der Waals surface area contributed by atoms with Crippen molar-refractivity contribution in [2.24, 2.45) is 0 Å². The van der Waals surface area contributed by atoms with E-state index >= 15 is 0 Å². The highest BCUT2D eigenvalue weighted by atomic mass is 32.2. The molecular weight excluding hydrogens is 569 g/mol. The Bertz CT molecular complexity index is 1490. The fourth-order valence-electron chi connectivity index (χ4n) is 3.70. The second-order valence-corrected chi connectivity index (χ2v) is 13.1. The van der Waals surface area contributed by atoms with Crippen LogP contribution in [0.15, 0.2) is 92.4 Å². The topological polar surface area (TPSA) is 96.2 Å². The molecule has 0 radical (unpaired) electrons. The first-order chi connectivity index (χ1) is 19.7. The van der Waals surface area contributed by atoms with E-state index in [4.69, 9.17) is 9.47 Å². The molecule has 0 aliphatic rings. The van der Waals surface area contributed by atoms with Crippen molar-refractivity contribution >= 4 is 29.5 Å². The molecule has 0 saturated carbocycles. The summed E-state index contributed by atoms with van der Waals surface area (Å²) in [6, 6.07) is 22.4. The zero-order chi connectivity index (χ0) is 31.0. The van der Waals surface area contributed by atoms with Gasteiger partial charge in [0.1, 0.15) is 28.6 Å². The van der Waals surface area contributed by atoms with Crippen LogP contribution in [0.1, 0.15) is 43.0 Å². The maximum atomic E-state index is 11.7. The molecular formula is C34H38O6S2. The third-order valence-corrected chi connectivity index (χ3v) is 7.85. The quantitative estimate of drug-likeness (QED) is 0.180. The van der Waals surface area contributed by atoms with Gasteiger partial charge in [0, 0.05) is 19.6 Å². The van der Waals surface area contributed by atoms with Crippen LogP contribution in [0, 0.1) is 27.7 Å². The van der Waals surface area contributed by atoms with Gasteiger partial charge >= 0.3 is 5.97 Å². The molecule has 4 rings (SSSR count). The van der Waals surface area contributed by atoms with Crippen LogP contribution in [-0.4, -0.2) is 33.5 Å². The monoisotopic (exact) mass is 606 g/mol. The third-order valence-electron chi connectivity index (χ3n) is 5.89. The Morgan fingerprint density at radius 1 is 0.619 bits per heavy atom. The lowest BCUT2D eigenvalue weighted by Crippen LogP contribution is -2.27. The Kier molecular flexibility index (Phi) is 11.3. The minimum Gasteiger partial charge on any atom is -0.508 e. The van der Waals surface area contributed by atoms with Crippen molar-refractivity contribution in [2.75, 3.05) is 6.61 Å². The van der Waals surface area contributed by atoms with Gasteiger partial charge in [-0.05, 0) is 144 Å². The van der Waals surface area contributed by atoms with Gasteiger partial charge in [-0.25, -0.2) is 4.79 Å². The normalized spacial score (nSPS) is 10.9. The van der Waals surface area contributed by atoms with E-state index in [0.717, 1.165) is 41.8 Å². The number of benzene rings is 4. The summed E-state index contributed by atoms with van der Waals surface area (Å²) in [4.78, 5) is 16.0. The van der Waals surface area contributed by atoms with E-state index in [2.05, 4.69) is 0 Å². The molecule has 0 fully saturated rings. The molecule has 3 N–H and O–H groups in total. The van der Waals surface area contributed by atoms with E-state index < -0.39 is 5.60 Å². The highest BCUT2D eigenvalue weighted by Crippen LogP contribution is 2.34. The predicted octanol–water partition coefficient (Wildman–Crippen LogP) is 8.75. The van der Waals surface area contributed by atoms with E-state index in [1.54, 1.807) is 41.7 Å². The van der Waals surface area contributed by atoms with E-state index in [-0.39, 0.29) is 12.6 Å². The molecule has 0 heterocycles. The van der Waals surface area contributed by atoms with Crippen LogP contribution in [0.3, 0.4) is 0 Å². The number of ether oxygens (including phenoxy) is 2. The average Bonchev–Trinajstić information content (AvgIpc) is 2.89. The molecule has 0 unspecified atom stereocenters. The van der Waals surface area contributed by atoms with Crippen LogP contribution >= 0.6 is 23.5 Å². The molecule has 42 heavy (non-hydrogen) atoms. The van der Waals surface area contributed by atoms with E-state index in [0.29, 0.717) is 23.0 Å². The fourth-order valence-corrected chi connectivity index (χ4v) is 5.73. The lowest BCUT2D eigenvalue weighted by Gasteiger charge is -2.19. The van der Waals surface area contributed by atoms with Crippen LogP contribution < -0.4 is 4.74 Å². The fraction of sp³-hybridized carbons (Fsp3) is 0.265. The van der Waals surface area contributed by atoms with Crippen LogP contribution in [0.2, 0.25) is 0 Å². The Morgan fingerprint density at radius 3 is 1.31 bits per heavy atom. The number of phenolic OH excluding ortho intramolecular Hbond substituents is 3. The van der Waals surface area contributed by atoms with Crippen LogP contribution in [0.4, 0.5) is 0 Å². The SMILES string of the molecule is Cc1cc(Sc2ccc(O)c(C)c2)ccc1O.Cc1cc(Sc2ccc(OCC(=O)OC(C)(C)C)c(C)c2)ccc1O. The molecule has 0 aliphatic heterocycles. The minimum absolute atomic E-state index is 0.109. The van der Waals surface area contributed by atoms with Crippen molar-refractivity contribution in [1.29, 1.82) is 0 Å². The standard InChI is InChI=1S/C20H24O4S.C14H14O2S/c1-13-10-15(6-8-17(13)21)25-16-7-9-18(14(2)11-16)23-12-19(22)24-20(3,4)5;1-9-7-11(3-5-13(9)15)17-12-4-6-14(16)10(2)8-12/h6-11,21H,12H2,1-5H3;3-8,15-16H,1-2H3. The second kappa shape index (κ2) is 14.4. The first kappa shape index (κ1) is 32.8. The summed E-state index contributed by atoms with van der Waals surface area (Å²) < 4.78 is 10.8. The predicted molar refractivity (Wildman–Crippen MR) is 169 cm³/mol. The molecule has 6 nitrogen and oxygen atoms in total. The van der Waals surface area contributed by atoms with Crippen LogP contribution in [-0.2, 0) is 9.53 Å². The first-order valence-electron chi connectivity index (χ1n) is 13.4. The molecule has 0 spiro atoms. The number of rotatable bonds is 7. The first-order valence-corrected chi connectivity index (χ1v) is 15.0. The summed E-state index contributed by atoms with van der Waals surface area (Å²) >= 11 is 3.22. The van der Waals surface area contributed by atoms with Crippen molar-refractivity contribution in [2.45, 2.75) is 73.6 Å². The molecule has 222 valence electrons. The molecule has 0 atom stereocenters. The Hall–Kier alpha value is -3.75. The van der Waals surface area contributed by atoms with E-state index in [1.807, 2.05) is 103 Å². The van der Waals surface area contributed by atoms with Gasteiger partial charge < -0.3 is 24.8 Å². The zero-order valence-electron chi connectivity index (χ0n) is 25.0. The summed E-state index contributed by atoms with van der Waals surface area (Å²) in [5.41, 5.74) is 3.01. The van der Waals surface area contributed by atoms with Gasteiger partial charge in [-0.1, -0.05) is 23.5 Å². The summed E-state index contributed by atoms with van der Waals surface area (Å²) in [6.45, 7) is 12.9. The Balaban J connectivity index is 0.000000247. The van der Waals surface area contributed by atoms with Gasteiger partial charge in [0.2, 0.25) is 0 Å². The highest BCUT2D eigenvalue weighted by molar-refractivity contribution is 7.99. The van der Waals surface area contributed by atoms with Crippen molar-refractivity contribution in [1.82, 2.24) is 0 Å². The molecule has 0 bridgehead atoms. The summed E-state index contributed by atoms with van der Waals surface area (Å²) in [5.74, 6) is 1.21. The summed E-state index contributed by atoms with van der Waals surface area (Å²) in [6.07, 6.45) is 0. The maximum Gasteiger partial charge on any atom is 0.344 e. The molecule has 4 aromatic rings. The second-order valence-electron chi connectivity index (χ2n) is 10.9. The third kappa shape index (κ3) is 10.3. The van der Waals surface area contributed by atoms with Crippen molar-refractivity contribution in [3.8, 4) is 23.0 Å². The number of esters is 1.